The summed E-state index contributed by atoms with van der Waals surface area (Å²) in [5.41, 5.74) is 8.04. The van der Waals surface area contributed by atoms with Crippen LogP contribution in [0.1, 0.15) is 43.2 Å². The standard InChI is InChI=1S/C21H26N2/c1-22-19-12-8-17(9-13-19)21(16-6-4-3-5-7-16)18-10-14-20(23-2)15-11-18/h8-15,22-23H,3-7H2,1-2H3. The lowest BCUT2D eigenvalue weighted by atomic mass is 9.85. The van der Waals surface area contributed by atoms with Gasteiger partial charge in [-0.25, -0.2) is 0 Å². The molecule has 0 spiro atoms. The van der Waals surface area contributed by atoms with Crippen LogP contribution in [0.5, 0.6) is 0 Å². The molecule has 1 aliphatic carbocycles. The molecule has 0 saturated heterocycles. The van der Waals surface area contributed by atoms with Crippen LogP contribution in [0, 0.1) is 0 Å². The molecule has 0 unspecified atom stereocenters. The van der Waals surface area contributed by atoms with E-state index in [9.17, 15) is 0 Å². The molecule has 1 aliphatic rings. The van der Waals surface area contributed by atoms with Gasteiger partial charge >= 0.3 is 0 Å². The van der Waals surface area contributed by atoms with Crippen LogP contribution < -0.4 is 10.6 Å². The minimum Gasteiger partial charge on any atom is -0.388 e. The number of anilines is 2. The van der Waals surface area contributed by atoms with Gasteiger partial charge in [-0.05, 0) is 66.6 Å². The summed E-state index contributed by atoms with van der Waals surface area (Å²) in [4.78, 5) is 0. The summed E-state index contributed by atoms with van der Waals surface area (Å²) in [6, 6.07) is 17.6. The van der Waals surface area contributed by atoms with E-state index in [1.807, 2.05) is 14.1 Å². The molecule has 0 bridgehead atoms. The van der Waals surface area contributed by atoms with Gasteiger partial charge in [-0.3, -0.25) is 0 Å². The Hall–Kier alpha value is -2.22. The number of hydrogen-bond acceptors (Lipinski definition) is 2. The van der Waals surface area contributed by atoms with Gasteiger partial charge in [0.05, 0.1) is 0 Å². The molecule has 2 aromatic rings. The van der Waals surface area contributed by atoms with Gasteiger partial charge in [-0.2, -0.15) is 0 Å². The van der Waals surface area contributed by atoms with Gasteiger partial charge < -0.3 is 10.6 Å². The lowest BCUT2D eigenvalue weighted by Gasteiger charge is -2.21. The fraction of sp³-hybridized carbons (Fsp3) is 0.333. The number of benzene rings is 2. The molecule has 2 nitrogen and oxygen atoms in total. The topological polar surface area (TPSA) is 24.1 Å². The molecule has 0 radical (unpaired) electrons. The van der Waals surface area contributed by atoms with E-state index >= 15 is 0 Å². The first kappa shape index (κ1) is 15.7. The number of allylic oxidation sites excluding steroid dienone is 1. The van der Waals surface area contributed by atoms with Gasteiger partial charge in [0.1, 0.15) is 0 Å². The van der Waals surface area contributed by atoms with Crippen LogP contribution in [0.25, 0.3) is 5.57 Å². The SMILES string of the molecule is CNc1ccc(C(=C2CCCCC2)c2ccc(NC)cc2)cc1. The Bertz CT molecular complexity index is 608. The van der Waals surface area contributed by atoms with Gasteiger partial charge in [0, 0.05) is 25.5 Å². The Morgan fingerprint density at radius 2 is 1.09 bits per heavy atom. The first-order valence-electron chi connectivity index (χ1n) is 8.60. The van der Waals surface area contributed by atoms with Crippen molar-refractivity contribution in [3.8, 4) is 0 Å². The second-order valence-corrected chi connectivity index (χ2v) is 6.19. The van der Waals surface area contributed by atoms with Crippen molar-refractivity contribution in [1.82, 2.24) is 0 Å². The van der Waals surface area contributed by atoms with Crippen LogP contribution >= 0.6 is 0 Å². The van der Waals surface area contributed by atoms with Crippen LogP contribution in [0.2, 0.25) is 0 Å². The maximum Gasteiger partial charge on any atom is 0.0337 e. The van der Waals surface area contributed by atoms with Gasteiger partial charge in [-0.1, -0.05) is 36.3 Å². The molecular weight excluding hydrogens is 280 g/mol. The van der Waals surface area contributed by atoms with E-state index in [4.69, 9.17) is 0 Å². The van der Waals surface area contributed by atoms with Crippen molar-refractivity contribution in [1.29, 1.82) is 0 Å². The third kappa shape index (κ3) is 3.58. The Balaban J connectivity index is 2.05. The molecule has 0 aromatic heterocycles. The minimum atomic E-state index is 1.16. The van der Waals surface area contributed by atoms with Crippen LogP contribution in [-0.4, -0.2) is 14.1 Å². The third-order valence-electron chi connectivity index (χ3n) is 4.74. The Morgan fingerprint density at radius 3 is 1.48 bits per heavy atom. The lowest BCUT2D eigenvalue weighted by Crippen LogP contribution is -2.01. The molecule has 23 heavy (non-hydrogen) atoms. The average Bonchev–Trinajstić information content (AvgIpc) is 2.64. The maximum atomic E-state index is 3.20. The molecule has 2 heteroatoms. The second kappa shape index (κ2) is 7.36. The normalized spacial score (nSPS) is 14.4. The van der Waals surface area contributed by atoms with Crippen molar-refractivity contribution in [3.63, 3.8) is 0 Å². The van der Waals surface area contributed by atoms with E-state index in [-0.39, 0.29) is 0 Å². The molecule has 0 atom stereocenters. The lowest BCUT2D eigenvalue weighted by molar-refractivity contribution is 0.601. The fourth-order valence-corrected chi connectivity index (χ4v) is 3.41. The molecule has 0 heterocycles. The molecule has 0 aliphatic heterocycles. The summed E-state index contributed by atoms with van der Waals surface area (Å²) in [6.45, 7) is 0. The maximum absolute atomic E-state index is 3.20. The van der Waals surface area contributed by atoms with E-state index in [1.54, 1.807) is 5.57 Å². The minimum absolute atomic E-state index is 1.16. The molecule has 2 aromatic carbocycles. The summed E-state index contributed by atoms with van der Waals surface area (Å²) in [5.74, 6) is 0. The van der Waals surface area contributed by atoms with Crippen molar-refractivity contribution >= 4 is 16.9 Å². The van der Waals surface area contributed by atoms with Crippen LogP contribution in [-0.2, 0) is 0 Å². The van der Waals surface area contributed by atoms with Gasteiger partial charge in [0.2, 0.25) is 0 Å². The zero-order valence-electron chi connectivity index (χ0n) is 14.2. The number of rotatable bonds is 4. The predicted molar refractivity (Wildman–Crippen MR) is 101 cm³/mol. The predicted octanol–water partition coefficient (Wildman–Crippen LogP) is 5.54. The number of hydrogen-bond donors (Lipinski definition) is 2. The average molecular weight is 306 g/mol. The zero-order chi connectivity index (χ0) is 16.1. The smallest absolute Gasteiger partial charge is 0.0337 e. The molecule has 3 rings (SSSR count). The van der Waals surface area contributed by atoms with E-state index in [1.165, 1.54) is 48.8 Å². The Morgan fingerprint density at radius 1 is 0.652 bits per heavy atom. The summed E-state index contributed by atoms with van der Waals surface area (Å²) in [5, 5.41) is 6.41. The molecular formula is C21H26N2. The summed E-state index contributed by atoms with van der Waals surface area (Å²) < 4.78 is 0. The summed E-state index contributed by atoms with van der Waals surface area (Å²) in [6.07, 6.45) is 6.48. The molecule has 0 amide bonds. The molecule has 120 valence electrons. The van der Waals surface area contributed by atoms with Crippen molar-refractivity contribution < 1.29 is 0 Å². The van der Waals surface area contributed by atoms with Crippen LogP contribution in [0.15, 0.2) is 54.1 Å². The largest absolute Gasteiger partial charge is 0.388 e. The van der Waals surface area contributed by atoms with Crippen molar-refractivity contribution in [2.24, 2.45) is 0 Å². The van der Waals surface area contributed by atoms with E-state index in [2.05, 4.69) is 59.2 Å². The van der Waals surface area contributed by atoms with Crippen molar-refractivity contribution in [2.75, 3.05) is 24.7 Å². The third-order valence-corrected chi connectivity index (χ3v) is 4.74. The first-order valence-corrected chi connectivity index (χ1v) is 8.60. The quantitative estimate of drug-likeness (QED) is 0.775. The molecule has 1 saturated carbocycles. The summed E-state index contributed by atoms with van der Waals surface area (Å²) >= 11 is 0. The summed E-state index contributed by atoms with van der Waals surface area (Å²) in [7, 11) is 3.93. The Kier molecular flexibility index (Phi) is 5.02. The van der Waals surface area contributed by atoms with E-state index in [0.29, 0.717) is 0 Å². The van der Waals surface area contributed by atoms with Crippen molar-refractivity contribution in [2.45, 2.75) is 32.1 Å². The number of nitrogens with one attached hydrogen (secondary N) is 2. The highest BCUT2D eigenvalue weighted by atomic mass is 14.8. The monoisotopic (exact) mass is 306 g/mol. The van der Waals surface area contributed by atoms with Crippen molar-refractivity contribution in [3.05, 3.63) is 65.2 Å². The van der Waals surface area contributed by atoms with Gasteiger partial charge in [0.25, 0.3) is 0 Å². The highest BCUT2D eigenvalue weighted by Gasteiger charge is 2.15. The highest BCUT2D eigenvalue weighted by Crippen LogP contribution is 2.35. The fourth-order valence-electron chi connectivity index (χ4n) is 3.41. The first-order chi connectivity index (χ1) is 11.3. The second-order valence-electron chi connectivity index (χ2n) is 6.19. The van der Waals surface area contributed by atoms with E-state index < -0.39 is 0 Å². The Labute approximate surface area is 139 Å². The molecule has 2 N–H and O–H groups in total. The highest BCUT2D eigenvalue weighted by molar-refractivity contribution is 5.83. The van der Waals surface area contributed by atoms with E-state index in [0.717, 1.165) is 11.4 Å². The molecule has 1 fully saturated rings. The van der Waals surface area contributed by atoms with Crippen LogP contribution in [0.3, 0.4) is 0 Å². The van der Waals surface area contributed by atoms with Gasteiger partial charge in [-0.15, -0.1) is 0 Å². The zero-order valence-corrected chi connectivity index (χ0v) is 14.2. The van der Waals surface area contributed by atoms with Crippen LogP contribution in [0.4, 0.5) is 11.4 Å². The van der Waals surface area contributed by atoms with Gasteiger partial charge in [0.15, 0.2) is 0 Å².